The summed E-state index contributed by atoms with van der Waals surface area (Å²) in [5.74, 6) is 0.814. The quantitative estimate of drug-likeness (QED) is 0.870. The van der Waals surface area contributed by atoms with E-state index in [-0.39, 0.29) is 5.91 Å². The van der Waals surface area contributed by atoms with Crippen molar-refractivity contribution in [3.8, 4) is 5.75 Å². The number of hydrogen-bond acceptors (Lipinski definition) is 3. The highest BCUT2D eigenvalue weighted by Crippen LogP contribution is 2.26. The second-order valence-electron chi connectivity index (χ2n) is 4.59. The molecule has 0 fully saturated rings. The Morgan fingerprint density at radius 3 is 2.74 bits per heavy atom. The number of aliphatic hydroxyl groups excluding tert-OH is 1. The van der Waals surface area contributed by atoms with Gasteiger partial charge in [0, 0.05) is 20.0 Å². The number of aryl methyl sites for hydroxylation is 1. The van der Waals surface area contributed by atoms with Crippen LogP contribution in [0.25, 0.3) is 0 Å². The van der Waals surface area contributed by atoms with Crippen molar-refractivity contribution in [3.63, 3.8) is 0 Å². The number of rotatable bonds is 6. The van der Waals surface area contributed by atoms with E-state index in [0.29, 0.717) is 19.4 Å². The topological polar surface area (TPSA) is 49.8 Å². The molecule has 1 rings (SSSR count). The van der Waals surface area contributed by atoms with Gasteiger partial charge in [0.1, 0.15) is 5.75 Å². The fraction of sp³-hybridized carbons (Fsp3) is 0.500. The van der Waals surface area contributed by atoms with Crippen LogP contribution in [0, 0.1) is 0 Å². The normalized spacial score (nSPS) is 12.1. The van der Waals surface area contributed by atoms with Gasteiger partial charge in [-0.3, -0.25) is 4.79 Å². The van der Waals surface area contributed by atoms with E-state index in [9.17, 15) is 9.90 Å². The Bertz CT molecular complexity index is 435. The van der Waals surface area contributed by atoms with E-state index in [1.807, 2.05) is 18.2 Å². The molecule has 0 radical (unpaired) electrons. The van der Waals surface area contributed by atoms with Crippen LogP contribution in [-0.2, 0) is 11.2 Å². The van der Waals surface area contributed by atoms with Gasteiger partial charge in [0.05, 0.1) is 17.7 Å². The lowest BCUT2D eigenvalue weighted by atomic mass is 10.1. The third-order valence-corrected chi connectivity index (χ3v) is 3.43. The Labute approximate surface area is 122 Å². The van der Waals surface area contributed by atoms with Crippen molar-refractivity contribution >= 4 is 21.8 Å². The molecule has 0 aliphatic rings. The Balaban J connectivity index is 2.52. The number of aliphatic hydroxyl groups is 1. The standard InChI is InChI=1S/C14H20BrNO3/c1-10(17)9-16(2)14(18)7-5-11-4-6-13(19-3)12(15)8-11/h4,6,8,10,17H,5,7,9H2,1-3H3. The number of likely N-dealkylation sites (N-methyl/N-ethyl adjacent to an activating group) is 1. The lowest BCUT2D eigenvalue weighted by molar-refractivity contribution is -0.131. The summed E-state index contributed by atoms with van der Waals surface area (Å²) in [5, 5.41) is 9.24. The van der Waals surface area contributed by atoms with E-state index in [0.717, 1.165) is 15.8 Å². The Kier molecular flexibility index (Phi) is 6.31. The molecule has 0 aliphatic heterocycles. The molecule has 1 unspecified atom stereocenters. The first-order valence-electron chi connectivity index (χ1n) is 6.18. The minimum absolute atomic E-state index is 0.0350. The molecular formula is C14H20BrNO3. The third-order valence-electron chi connectivity index (χ3n) is 2.81. The molecule has 0 spiro atoms. The van der Waals surface area contributed by atoms with Crippen molar-refractivity contribution in [1.82, 2.24) is 4.90 Å². The number of halogens is 1. The molecule has 106 valence electrons. The molecule has 0 saturated carbocycles. The molecule has 1 aromatic rings. The highest BCUT2D eigenvalue weighted by Gasteiger charge is 2.11. The van der Waals surface area contributed by atoms with Crippen molar-refractivity contribution in [1.29, 1.82) is 0 Å². The summed E-state index contributed by atoms with van der Waals surface area (Å²) in [6.07, 6.45) is 0.609. The van der Waals surface area contributed by atoms with Gasteiger partial charge in [-0.05, 0) is 47.0 Å². The van der Waals surface area contributed by atoms with Crippen LogP contribution in [0.15, 0.2) is 22.7 Å². The van der Waals surface area contributed by atoms with E-state index >= 15 is 0 Å². The highest BCUT2D eigenvalue weighted by atomic mass is 79.9. The molecule has 1 N–H and O–H groups in total. The number of amides is 1. The molecule has 0 aliphatic carbocycles. The molecule has 0 heterocycles. The predicted molar refractivity (Wildman–Crippen MR) is 78.3 cm³/mol. The molecule has 4 nitrogen and oxygen atoms in total. The number of carbonyl (C=O) groups excluding carboxylic acids is 1. The van der Waals surface area contributed by atoms with Crippen LogP contribution in [0.5, 0.6) is 5.75 Å². The van der Waals surface area contributed by atoms with Gasteiger partial charge < -0.3 is 14.7 Å². The first kappa shape index (κ1) is 16.0. The Morgan fingerprint density at radius 2 is 2.21 bits per heavy atom. The molecule has 19 heavy (non-hydrogen) atoms. The summed E-state index contributed by atoms with van der Waals surface area (Å²) in [4.78, 5) is 13.4. The van der Waals surface area contributed by atoms with Crippen molar-refractivity contribution in [2.75, 3.05) is 20.7 Å². The first-order chi connectivity index (χ1) is 8.93. The van der Waals surface area contributed by atoms with Crippen LogP contribution >= 0.6 is 15.9 Å². The van der Waals surface area contributed by atoms with Gasteiger partial charge in [0.15, 0.2) is 0 Å². The summed E-state index contributed by atoms with van der Waals surface area (Å²) in [5.41, 5.74) is 1.08. The lowest BCUT2D eigenvalue weighted by Crippen LogP contribution is -2.33. The van der Waals surface area contributed by atoms with Gasteiger partial charge in [-0.1, -0.05) is 6.07 Å². The van der Waals surface area contributed by atoms with Crippen molar-refractivity contribution in [2.24, 2.45) is 0 Å². The highest BCUT2D eigenvalue weighted by molar-refractivity contribution is 9.10. The maximum Gasteiger partial charge on any atom is 0.222 e. The molecule has 0 saturated heterocycles. The van der Waals surface area contributed by atoms with Crippen molar-refractivity contribution in [2.45, 2.75) is 25.9 Å². The van der Waals surface area contributed by atoms with Gasteiger partial charge in [0.2, 0.25) is 5.91 Å². The van der Waals surface area contributed by atoms with E-state index in [2.05, 4.69) is 15.9 Å². The van der Waals surface area contributed by atoms with Gasteiger partial charge >= 0.3 is 0 Å². The Hall–Kier alpha value is -1.07. The average Bonchev–Trinajstić information content (AvgIpc) is 2.35. The summed E-state index contributed by atoms with van der Waals surface area (Å²) < 4.78 is 6.04. The number of nitrogens with zero attached hydrogens (tertiary/aromatic N) is 1. The largest absolute Gasteiger partial charge is 0.496 e. The van der Waals surface area contributed by atoms with Crippen LogP contribution in [0.4, 0.5) is 0 Å². The molecule has 5 heteroatoms. The summed E-state index contributed by atoms with van der Waals surface area (Å²) in [6, 6.07) is 5.79. The van der Waals surface area contributed by atoms with Crippen molar-refractivity contribution in [3.05, 3.63) is 28.2 Å². The van der Waals surface area contributed by atoms with E-state index in [1.54, 1.807) is 26.0 Å². The monoisotopic (exact) mass is 329 g/mol. The maximum absolute atomic E-state index is 11.8. The zero-order valence-electron chi connectivity index (χ0n) is 11.5. The minimum Gasteiger partial charge on any atom is -0.496 e. The van der Waals surface area contributed by atoms with Gasteiger partial charge in [-0.2, -0.15) is 0 Å². The van der Waals surface area contributed by atoms with Crippen molar-refractivity contribution < 1.29 is 14.6 Å². The van der Waals surface area contributed by atoms with Gasteiger partial charge in [-0.25, -0.2) is 0 Å². The number of benzene rings is 1. The molecule has 1 aromatic carbocycles. The second kappa shape index (κ2) is 7.50. The van der Waals surface area contributed by atoms with Crippen LogP contribution in [-0.4, -0.2) is 42.7 Å². The van der Waals surface area contributed by atoms with Crippen LogP contribution in [0.1, 0.15) is 18.9 Å². The van der Waals surface area contributed by atoms with Crippen LogP contribution in [0.3, 0.4) is 0 Å². The van der Waals surface area contributed by atoms with Gasteiger partial charge in [0.25, 0.3) is 0 Å². The molecule has 1 atom stereocenters. The lowest BCUT2D eigenvalue weighted by Gasteiger charge is -2.18. The molecule has 0 aromatic heterocycles. The van der Waals surface area contributed by atoms with Gasteiger partial charge in [-0.15, -0.1) is 0 Å². The number of methoxy groups -OCH3 is 1. The average molecular weight is 330 g/mol. The SMILES string of the molecule is COc1ccc(CCC(=O)N(C)CC(C)O)cc1Br. The number of carbonyl (C=O) groups is 1. The molecular weight excluding hydrogens is 310 g/mol. The fourth-order valence-corrected chi connectivity index (χ4v) is 2.39. The number of hydrogen-bond donors (Lipinski definition) is 1. The third kappa shape index (κ3) is 5.20. The fourth-order valence-electron chi connectivity index (χ4n) is 1.81. The second-order valence-corrected chi connectivity index (χ2v) is 5.45. The molecule has 0 bridgehead atoms. The number of ether oxygens (including phenoxy) is 1. The van der Waals surface area contributed by atoms with E-state index in [1.165, 1.54) is 0 Å². The zero-order chi connectivity index (χ0) is 14.4. The summed E-state index contributed by atoms with van der Waals surface area (Å²) >= 11 is 3.42. The summed E-state index contributed by atoms with van der Waals surface area (Å²) in [7, 11) is 3.33. The van der Waals surface area contributed by atoms with E-state index in [4.69, 9.17) is 4.74 Å². The maximum atomic E-state index is 11.8. The zero-order valence-corrected chi connectivity index (χ0v) is 13.1. The van der Waals surface area contributed by atoms with Crippen LogP contribution < -0.4 is 4.74 Å². The first-order valence-corrected chi connectivity index (χ1v) is 6.97. The smallest absolute Gasteiger partial charge is 0.222 e. The van der Waals surface area contributed by atoms with Crippen LogP contribution in [0.2, 0.25) is 0 Å². The summed E-state index contributed by atoms with van der Waals surface area (Å²) in [6.45, 7) is 2.04. The Morgan fingerprint density at radius 1 is 1.53 bits per heavy atom. The minimum atomic E-state index is -0.496. The van der Waals surface area contributed by atoms with E-state index < -0.39 is 6.10 Å². The predicted octanol–water partition coefficient (Wildman–Crippen LogP) is 2.23. The molecule has 1 amide bonds.